The van der Waals surface area contributed by atoms with Crippen molar-refractivity contribution in [2.45, 2.75) is 51.5 Å². The molecule has 1 aliphatic carbocycles. The summed E-state index contributed by atoms with van der Waals surface area (Å²) in [6.07, 6.45) is 6.15. The highest BCUT2D eigenvalue weighted by Crippen LogP contribution is 2.24. The molecule has 3 N–H and O–H groups in total. The maximum atomic E-state index is 12.5. The Morgan fingerprint density at radius 3 is 2.64 bits per heavy atom. The van der Waals surface area contributed by atoms with Crippen molar-refractivity contribution in [3.63, 3.8) is 0 Å². The maximum Gasteiger partial charge on any atom is 0.253 e. The van der Waals surface area contributed by atoms with Gasteiger partial charge in [0.15, 0.2) is 0 Å². The molecular weight excluding hydrogens is 276 g/mol. The Morgan fingerprint density at radius 1 is 1.23 bits per heavy atom. The average molecular weight is 304 g/mol. The van der Waals surface area contributed by atoms with Crippen LogP contribution in [0.25, 0.3) is 0 Å². The van der Waals surface area contributed by atoms with Crippen LogP contribution in [-0.2, 0) is 0 Å². The predicted molar refractivity (Wildman–Crippen MR) is 90.1 cm³/mol. The molecule has 22 heavy (non-hydrogen) atoms. The highest BCUT2D eigenvalue weighted by Gasteiger charge is 2.22. The molecule has 0 heterocycles. The van der Waals surface area contributed by atoms with Gasteiger partial charge in [-0.3, -0.25) is 4.79 Å². The number of carbonyl (C=O) groups excluding carboxylic acids is 1. The highest BCUT2D eigenvalue weighted by atomic mass is 16.3. The summed E-state index contributed by atoms with van der Waals surface area (Å²) in [6, 6.07) is 7.94. The Morgan fingerprint density at radius 2 is 1.95 bits per heavy atom. The van der Waals surface area contributed by atoms with Gasteiger partial charge in [-0.15, -0.1) is 0 Å². The Balaban J connectivity index is 1.92. The predicted octanol–water partition coefficient (Wildman–Crippen LogP) is 3.18. The summed E-state index contributed by atoms with van der Waals surface area (Å²) >= 11 is 0. The van der Waals surface area contributed by atoms with E-state index < -0.39 is 0 Å². The molecule has 4 heteroatoms. The minimum Gasteiger partial charge on any atom is -0.396 e. The number of anilines is 1. The van der Waals surface area contributed by atoms with Crippen molar-refractivity contribution in [2.24, 2.45) is 5.92 Å². The van der Waals surface area contributed by atoms with Crippen LogP contribution in [0.1, 0.15) is 55.8 Å². The van der Waals surface area contributed by atoms with E-state index >= 15 is 0 Å². The van der Waals surface area contributed by atoms with Crippen LogP contribution in [0.5, 0.6) is 0 Å². The number of para-hydroxylation sites is 1. The monoisotopic (exact) mass is 304 g/mol. The molecule has 1 amide bonds. The number of hydrogen-bond donors (Lipinski definition) is 3. The number of amides is 1. The molecule has 0 aliphatic heterocycles. The quantitative estimate of drug-likeness (QED) is 0.678. The lowest BCUT2D eigenvalue weighted by atomic mass is 9.86. The van der Waals surface area contributed by atoms with Crippen molar-refractivity contribution in [1.29, 1.82) is 0 Å². The SMILES string of the molecule is CCCCNc1ccccc1C(=O)NC1CCC(CO)CC1. The zero-order chi connectivity index (χ0) is 15.8. The molecule has 4 nitrogen and oxygen atoms in total. The van der Waals surface area contributed by atoms with Crippen LogP contribution in [0.15, 0.2) is 24.3 Å². The van der Waals surface area contributed by atoms with Crippen molar-refractivity contribution in [2.75, 3.05) is 18.5 Å². The fourth-order valence-electron chi connectivity index (χ4n) is 2.99. The van der Waals surface area contributed by atoms with Gasteiger partial charge in [0, 0.05) is 24.9 Å². The first-order valence-corrected chi connectivity index (χ1v) is 8.49. The number of nitrogens with one attached hydrogen (secondary N) is 2. The van der Waals surface area contributed by atoms with E-state index in [0.29, 0.717) is 5.92 Å². The van der Waals surface area contributed by atoms with Crippen LogP contribution in [0, 0.1) is 5.92 Å². The summed E-state index contributed by atoms with van der Waals surface area (Å²) in [5.74, 6) is 0.420. The summed E-state index contributed by atoms with van der Waals surface area (Å²) in [6.45, 7) is 3.32. The van der Waals surface area contributed by atoms with Crippen molar-refractivity contribution in [3.05, 3.63) is 29.8 Å². The molecule has 0 spiro atoms. The van der Waals surface area contributed by atoms with Crippen molar-refractivity contribution < 1.29 is 9.90 Å². The summed E-state index contributed by atoms with van der Waals surface area (Å²) in [5.41, 5.74) is 1.64. The van der Waals surface area contributed by atoms with Crippen molar-refractivity contribution in [1.82, 2.24) is 5.32 Å². The summed E-state index contributed by atoms with van der Waals surface area (Å²) in [4.78, 5) is 12.5. The molecular formula is C18H28N2O2. The van der Waals surface area contributed by atoms with Crippen molar-refractivity contribution >= 4 is 11.6 Å². The fraction of sp³-hybridized carbons (Fsp3) is 0.611. The smallest absolute Gasteiger partial charge is 0.253 e. The van der Waals surface area contributed by atoms with E-state index in [1.165, 1.54) is 0 Å². The maximum absolute atomic E-state index is 12.5. The molecule has 0 unspecified atom stereocenters. The summed E-state index contributed by atoms with van der Waals surface area (Å²) in [7, 11) is 0. The van der Waals surface area contributed by atoms with Gasteiger partial charge in [0.05, 0.1) is 5.56 Å². The van der Waals surface area contributed by atoms with Crippen LogP contribution < -0.4 is 10.6 Å². The van der Waals surface area contributed by atoms with E-state index in [9.17, 15) is 9.90 Å². The van der Waals surface area contributed by atoms with E-state index in [-0.39, 0.29) is 18.6 Å². The molecule has 1 aliphatic rings. The second-order valence-electron chi connectivity index (χ2n) is 6.20. The van der Waals surface area contributed by atoms with Gasteiger partial charge in [-0.1, -0.05) is 25.5 Å². The molecule has 0 radical (unpaired) electrons. The minimum absolute atomic E-state index is 0.00652. The highest BCUT2D eigenvalue weighted by molar-refractivity contribution is 5.99. The molecule has 1 aromatic carbocycles. The number of aliphatic hydroxyl groups excluding tert-OH is 1. The third kappa shape index (κ3) is 4.73. The van der Waals surface area contributed by atoms with Gasteiger partial charge in [-0.2, -0.15) is 0 Å². The number of benzene rings is 1. The lowest BCUT2D eigenvalue weighted by molar-refractivity contribution is 0.0915. The molecule has 2 rings (SSSR count). The number of unbranched alkanes of at least 4 members (excludes halogenated alkanes) is 1. The van der Waals surface area contributed by atoms with Crippen LogP contribution >= 0.6 is 0 Å². The molecule has 122 valence electrons. The fourth-order valence-corrected chi connectivity index (χ4v) is 2.99. The standard InChI is InChI=1S/C18H28N2O2/c1-2-3-12-19-17-7-5-4-6-16(17)18(22)20-15-10-8-14(13-21)9-11-15/h4-7,14-15,19,21H,2-3,8-13H2,1H3,(H,20,22). The first-order chi connectivity index (χ1) is 10.7. The van der Waals surface area contributed by atoms with E-state index in [1.807, 2.05) is 24.3 Å². The summed E-state index contributed by atoms with van der Waals surface area (Å²) < 4.78 is 0. The van der Waals surface area contributed by atoms with E-state index in [2.05, 4.69) is 17.6 Å². The largest absolute Gasteiger partial charge is 0.396 e. The van der Waals surface area contributed by atoms with Crippen LogP contribution in [0.4, 0.5) is 5.69 Å². The van der Waals surface area contributed by atoms with E-state index in [0.717, 1.165) is 56.3 Å². The third-order valence-corrected chi connectivity index (χ3v) is 4.46. The zero-order valence-corrected chi connectivity index (χ0v) is 13.5. The van der Waals surface area contributed by atoms with Crippen LogP contribution in [0.3, 0.4) is 0 Å². The molecule has 0 saturated heterocycles. The lowest BCUT2D eigenvalue weighted by Gasteiger charge is -2.28. The van der Waals surface area contributed by atoms with Crippen LogP contribution in [-0.4, -0.2) is 30.2 Å². The zero-order valence-electron chi connectivity index (χ0n) is 13.5. The molecule has 0 aromatic heterocycles. The van der Waals surface area contributed by atoms with E-state index in [4.69, 9.17) is 0 Å². The molecule has 0 atom stereocenters. The van der Waals surface area contributed by atoms with Gasteiger partial charge in [-0.05, 0) is 50.2 Å². The number of carbonyl (C=O) groups is 1. The number of aliphatic hydroxyl groups is 1. The number of rotatable bonds is 7. The molecule has 1 saturated carbocycles. The topological polar surface area (TPSA) is 61.4 Å². The Labute approximate surface area is 133 Å². The number of hydrogen-bond acceptors (Lipinski definition) is 3. The normalized spacial score (nSPS) is 21.4. The first-order valence-electron chi connectivity index (χ1n) is 8.49. The second kappa shape index (κ2) is 8.79. The lowest BCUT2D eigenvalue weighted by Crippen LogP contribution is -2.38. The average Bonchev–Trinajstić information content (AvgIpc) is 2.56. The van der Waals surface area contributed by atoms with Crippen molar-refractivity contribution in [3.8, 4) is 0 Å². The Hall–Kier alpha value is -1.55. The Kier molecular flexibility index (Phi) is 6.72. The van der Waals surface area contributed by atoms with Gasteiger partial charge in [0.1, 0.15) is 0 Å². The van der Waals surface area contributed by atoms with Gasteiger partial charge < -0.3 is 15.7 Å². The van der Waals surface area contributed by atoms with Crippen LogP contribution in [0.2, 0.25) is 0 Å². The third-order valence-electron chi connectivity index (χ3n) is 4.46. The first kappa shape index (κ1) is 16.8. The van der Waals surface area contributed by atoms with E-state index in [1.54, 1.807) is 0 Å². The van der Waals surface area contributed by atoms with Gasteiger partial charge >= 0.3 is 0 Å². The van der Waals surface area contributed by atoms with Gasteiger partial charge in [0.25, 0.3) is 5.91 Å². The van der Waals surface area contributed by atoms with Gasteiger partial charge in [0.2, 0.25) is 0 Å². The van der Waals surface area contributed by atoms with Gasteiger partial charge in [-0.25, -0.2) is 0 Å². The minimum atomic E-state index is 0.00652. The molecule has 1 fully saturated rings. The Bertz CT molecular complexity index is 468. The molecule has 1 aromatic rings. The summed E-state index contributed by atoms with van der Waals surface area (Å²) in [5, 5.41) is 15.7. The second-order valence-corrected chi connectivity index (χ2v) is 6.20. The molecule has 0 bridgehead atoms.